The summed E-state index contributed by atoms with van der Waals surface area (Å²) in [7, 11) is 0. The summed E-state index contributed by atoms with van der Waals surface area (Å²) < 4.78 is 5.97. The van der Waals surface area contributed by atoms with Crippen molar-refractivity contribution in [1.82, 2.24) is 20.5 Å². The first-order chi connectivity index (χ1) is 15.1. The third-order valence-corrected chi connectivity index (χ3v) is 5.85. The van der Waals surface area contributed by atoms with Gasteiger partial charge in [0.1, 0.15) is 5.82 Å². The fourth-order valence-corrected chi connectivity index (χ4v) is 4.34. The van der Waals surface area contributed by atoms with Gasteiger partial charge in [0.25, 0.3) is 0 Å². The highest BCUT2D eigenvalue weighted by molar-refractivity contribution is 14.0. The summed E-state index contributed by atoms with van der Waals surface area (Å²) >= 11 is 0. The van der Waals surface area contributed by atoms with Crippen molar-refractivity contribution >= 4 is 35.8 Å². The van der Waals surface area contributed by atoms with Gasteiger partial charge in [-0.05, 0) is 43.4 Å². The van der Waals surface area contributed by atoms with E-state index in [-0.39, 0.29) is 30.1 Å². The Kier molecular flexibility index (Phi) is 12.6. The predicted molar refractivity (Wildman–Crippen MR) is 144 cm³/mol. The first kappa shape index (κ1) is 27.1. The van der Waals surface area contributed by atoms with Crippen LogP contribution in [0.15, 0.2) is 23.3 Å². The number of anilines is 1. The number of hydrogen-bond donors (Lipinski definition) is 2. The molecule has 2 saturated heterocycles. The Bertz CT molecular complexity index is 678. The highest BCUT2D eigenvalue weighted by Crippen LogP contribution is 2.18. The van der Waals surface area contributed by atoms with Gasteiger partial charge in [-0.2, -0.15) is 0 Å². The molecule has 32 heavy (non-hydrogen) atoms. The zero-order valence-corrected chi connectivity index (χ0v) is 22.5. The summed E-state index contributed by atoms with van der Waals surface area (Å²) in [5.74, 6) is 2.62. The predicted octanol–water partition coefficient (Wildman–Crippen LogP) is 3.49. The molecule has 0 spiro atoms. The number of nitrogens with zero attached hydrogens (tertiary/aromatic N) is 4. The molecular formula is C24H43IN6O. The van der Waals surface area contributed by atoms with Crippen molar-refractivity contribution in [3.63, 3.8) is 0 Å². The second kappa shape index (κ2) is 14.9. The van der Waals surface area contributed by atoms with Crippen LogP contribution >= 0.6 is 24.0 Å². The maximum Gasteiger partial charge on any atom is 0.191 e. The largest absolute Gasteiger partial charge is 0.374 e. The van der Waals surface area contributed by atoms with Gasteiger partial charge in [0.15, 0.2) is 5.96 Å². The number of morpholine rings is 1. The summed E-state index contributed by atoms with van der Waals surface area (Å²) in [6.45, 7) is 15.1. The molecule has 0 bridgehead atoms. The second-order valence-corrected chi connectivity index (χ2v) is 9.15. The Morgan fingerprint density at radius 2 is 1.97 bits per heavy atom. The normalized spacial score (nSPS) is 20.6. The van der Waals surface area contributed by atoms with Crippen LogP contribution in [0.5, 0.6) is 0 Å². The Balaban J connectivity index is 0.00000363. The quantitative estimate of drug-likeness (QED) is 0.290. The van der Waals surface area contributed by atoms with E-state index < -0.39 is 0 Å². The second-order valence-electron chi connectivity index (χ2n) is 9.15. The molecule has 2 fully saturated rings. The van der Waals surface area contributed by atoms with E-state index in [0.29, 0.717) is 12.5 Å². The van der Waals surface area contributed by atoms with Crippen molar-refractivity contribution in [3.05, 3.63) is 23.9 Å². The van der Waals surface area contributed by atoms with Gasteiger partial charge in [0.2, 0.25) is 0 Å². The number of aromatic nitrogens is 1. The smallest absolute Gasteiger partial charge is 0.191 e. The van der Waals surface area contributed by atoms with Crippen molar-refractivity contribution in [2.75, 3.05) is 57.3 Å². The highest BCUT2D eigenvalue weighted by Gasteiger charge is 2.21. The number of aliphatic imine (C=N–C) groups is 1. The van der Waals surface area contributed by atoms with E-state index >= 15 is 0 Å². The molecule has 0 saturated carbocycles. The van der Waals surface area contributed by atoms with Crippen LogP contribution < -0.4 is 15.5 Å². The van der Waals surface area contributed by atoms with Gasteiger partial charge in [-0.15, -0.1) is 24.0 Å². The lowest BCUT2D eigenvalue weighted by Gasteiger charge is -2.34. The first-order valence-corrected chi connectivity index (χ1v) is 12.2. The molecule has 0 amide bonds. The Labute approximate surface area is 211 Å². The zero-order valence-electron chi connectivity index (χ0n) is 20.2. The molecule has 3 heterocycles. The monoisotopic (exact) mass is 558 g/mol. The molecule has 1 atom stereocenters. The lowest BCUT2D eigenvalue weighted by Crippen LogP contribution is -2.50. The van der Waals surface area contributed by atoms with Gasteiger partial charge in [0.05, 0.1) is 19.3 Å². The maximum atomic E-state index is 5.97. The van der Waals surface area contributed by atoms with Crippen LogP contribution in [0.2, 0.25) is 0 Å². The molecule has 0 aliphatic carbocycles. The lowest BCUT2D eigenvalue weighted by molar-refractivity contribution is -0.0284. The molecule has 2 aliphatic rings. The highest BCUT2D eigenvalue weighted by atomic mass is 127. The van der Waals surface area contributed by atoms with Crippen molar-refractivity contribution in [2.24, 2.45) is 10.9 Å². The van der Waals surface area contributed by atoms with Gasteiger partial charge in [0, 0.05) is 52.0 Å². The van der Waals surface area contributed by atoms with Crippen LogP contribution in [-0.2, 0) is 11.3 Å². The molecule has 2 aliphatic heterocycles. The van der Waals surface area contributed by atoms with Crippen molar-refractivity contribution in [3.8, 4) is 0 Å². The number of halogens is 1. The van der Waals surface area contributed by atoms with Gasteiger partial charge in [-0.3, -0.25) is 4.90 Å². The fourth-order valence-electron chi connectivity index (χ4n) is 4.34. The van der Waals surface area contributed by atoms with Gasteiger partial charge < -0.3 is 20.3 Å². The summed E-state index contributed by atoms with van der Waals surface area (Å²) in [5.41, 5.74) is 1.20. The van der Waals surface area contributed by atoms with Crippen LogP contribution in [0.4, 0.5) is 5.82 Å². The molecule has 1 aromatic heterocycles. The van der Waals surface area contributed by atoms with Gasteiger partial charge >= 0.3 is 0 Å². The van der Waals surface area contributed by atoms with Crippen LogP contribution in [0.25, 0.3) is 0 Å². The van der Waals surface area contributed by atoms with Crippen LogP contribution in [0.1, 0.15) is 52.0 Å². The van der Waals surface area contributed by atoms with Crippen LogP contribution in [-0.4, -0.2) is 74.4 Å². The van der Waals surface area contributed by atoms with Crippen molar-refractivity contribution in [2.45, 2.75) is 59.1 Å². The molecule has 8 heteroatoms. The Morgan fingerprint density at radius 1 is 1.19 bits per heavy atom. The zero-order chi connectivity index (χ0) is 21.9. The molecule has 2 N–H and O–H groups in total. The minimum atomic E-state index is 0. The van der Waals surface area contributed by atoms with E-state index in [1.54, 1.807) is 0 Å². The summed E-state index contributed by atoms with van der Waals surface area (Å²) in [6, 6.07) is 4.27. The number of guanidine groups is 1. The average Bonchev–Trinajstić information content (AvgIpc) is 3.05. The molecule has 7 nitrogen and oxygen atoms in total. The third kappa shape index (κ3) is 9.39. The topological polar surface area (TPSA) is 65.0 Å². The summed E-state index contributed by atoms with van der Waals surface area (Å²) in [6.07, 6.45) is 7.31. The summed E-state index contributed by atoms with van der Waals surface area (Å²) in [4.78, 5) is 14.4. The molecule has 3 rings (SSSR count). The number of rotatable bonds is 8. The SMILES string of the molecule is CCNC(=NCc1ccnc(N2CCCCCC2)c1)NCC1CN(CC(C)C)CCO1.I. The van der Waals surface area contributed by atoms with Crippen molar-refractivity contribution in [1.29, 1.82) is 0 Å². The number of pyridine rings is 1. The van der Waals surface area contributed by atoms with E-state index in [1.165, 1.54) is 31.2 Å². The van der Waals surface area contributed by atoms with Gasteiger partial charge in [-0.25, -0.2) is 9.98 Å². The molecule has 1 unspecified atom stereocenters. The van der Waals surface area contributed by atoms with E-state index in [0.717, 1.165) is 64.2 Å². The fraction of sp³-hybridized carbons (Fsp3) is 0.750. The summed E-state index contributed by atoms with van der Waals surface area (Å²) in [5, 5.41) is 6.85. The average molecular weight is 559 g/mol. The maximum absolute atomic E-state index is 5.97. The Hall–Kier alpha value is -1.13. The number of hydrogen-bond acceptors (Lipinski definition) is 5. The Morgan fingerprint density at radius 3 is 2.69 bits per heavy atom. The molecule has 182 valence electrons. The van der Waals surface area contributed by atoms with Gasteiger partial charge in [-0.1, -0.05) is 26.7 Å². The lowest BCUT2D eigenvalue weighted by atomic mass is 10.2. The van der Waals surface area contributed by atoms with Crippen LogP contribution in [0.3, 0.4) is 0 Å². The molecule has 1 aromatic rings. The van der Waals surface area contributed by atoms with Crippen molar-refractivity contribution < 1.29 is 4.74 Å². The first-order valence-electron chi connectivity index (χ1n) is 12.2. The van der Waals surface area contributed by atoms with E-state index in [9.17, 15) is 0 Å². The van der Waals surface area contributed by atoms with E-state index in [4.69, 9.17) is 9.73 Å². The molecule has 0 aromatic carbocycles. The minimum absolute atomic E-state index is 0. The van der Waals surface area contributed by atoms with E-state index in [2.05, 4.69) is 58.3 Å². The minimum Gasteiger partial charge on any atom is -0.374 e. The molecule has 0 radical (unpaired) electrons. The number of ether oxygens (including phenoxy) is 1. The van der Waals surface area contributed by atoms with E-state index in [1.807, 2.05) is 6.20 Å². The molecular weight excluding hydrogens is 515 g/mol. The standard InChI is InChI=1S/C24H42N6O.HI/c1-4-25-24(28-17-22-19-29(13-14-31-22)18-20(2)3)27-16-21-9-10-26-23(15-21)30-11-7-5-6-8-12-30;/h9-10,15,20,22H,4-8,11-14,16-19H2,1-3H3,(H2,25,27,28);1H. The number of nitrogens with one attached hydrogen (secondary N) is 2. The van der Waals surface area contributed by atoms with Crippen LogP contribution in [0, 0.1) is 5.92 Å². The third-order valence-electron chi connectivity index (χ3n) is 5.85.